The van der Waals surface area contributed by atoms with Gasteiger partial charge >= 0.3 is 5.97 Å². The van der Waals surface area contributed by atoms with Crippen molar-refractivity contribution in [3.05, 3.63) is 70.2 Å². The van der Waals surface area contributed by atoms with Crippen LogP contribution in [0.25, 0.3) is 6.08 Å². The zero-order chi connectivity index (χ0) is 18.4. The van der Waals surface area contributed by atoms with Gasteiger partial charge in [-0.15, -0.1) is 0 Å². The molecular formula is C18H14BrF2NO3. The van der Waals surface area contributed by atoms with Crippen molar-refractivity contribution in [2.24, 2.45) is 0 Å². The Labute approximate surface area is 151 Å². The molecule has 1 N–H and O–H groups in total. The molecule has 0 aliphatic rings. The summed E-state index contributed by atoms with van der Waals surface area (Å²) in [6.07, 6.45) is 1.22. The lowest BCUT2D eigenvalue weighted by atomic mass is 10.2. The Balaban J connectivity index is 1.92. The van der Waals surface area contributed by atoms with Gasteiger partial charge in [-0.3, -0.25) is 4.79 Å². The van der Waals surface area contributed by atoms with Crippen LogP contribution in [0.1, 0.15) is 12.5 Å². The summed E-state index contributed by atoms with van der Waals surface area (Å²) in [5.74, 6) is -2.28. The zero-order valence-corrected chi connectivity index (χ0v) is 14.7. The third-order valence-corrected chi connectivity index (χ3v) is 3.62. The van der Waals surface area contributed by atoms with Crippen molar-refractivity contribution in [3.8, 4) is 0 Å². The molecule has 2 rings (SSSR count). The molecule has 0 heterocycles. The van der Waals surface area contributed by atoms with Crippen molar-refractivity contribution >= 4 is 39.6 Å². The van der Waals surface area contributed by atoms with E-state index < -0.39 is 29.6 Å². The van der Waals surface area contributed by atoms with Gasteiger partial charge in [0.1, 0.15) is 11.6 Å². The lowest BCUT2D eigenvalue weighted by molar-refractivity contribution is -0.148. The number of carbonyl (C=O) groups is 2. The van der Waals surface area contributed by atoms with E-state index in [2.05, 4.69) is 21.2 Å². The third kappa shape index (κ3) is 5.79. The van der Waals surface area contributed by atoms with E-state index in [1.165, 1.54) is 55.5 Å². The summed E-state index contributed by atoms with van der Waals surface area (Å²) in [6.45, 7) is 1.39. The number of amides is 1. The van der Waals surface area contributed by atoms with Gasteiger partial charge in [0, 0.05) is 21.8 Å². The topological polar surface area (TPSA) is 55.4 Å². The second-order valence-corrected chi connectivity index (χ2v) is 5.99. The van der Waals surface area contributed by atoms with Crippen LogP contribution in [0.2, 0.25) is 0 Å². The Bertz CT molecular complexity index is 806. The fraction of sp³-hybridized carbons (Fsp3) is 0.111. The first kappa shape index (κ1) is 18.8. The molecule has 0 bridgehead atoms. The summed E-state index contributed by atoms with van der Waals surface area (Å²) >= 11 is 3.21. The Morgan fingerprint density at radius 2 is 1.84 bits per heavy atom. The average Bonchev–Trinajstić information content (AvgIpc) is 2.57. The molecule has 0 fully saturated rings. The molecule has 1 amide bonds. The van der Waals surface area contributed by atoms with Crippen LogP contribution in [-0.2, 0) is 14.3 Å². The van der Waals surface area contributed by atoms with Crippen molar-refractivity contribution < 1.29 is 23.1 Å². The van der Waals surface area contributed by atoms with Crippen LogP contribution in [0, 0.1) is 11.6 Å². The van der Waals surface area contributed by atoms with Gasteiger partial charge in [-0.2, -0.15) is 0 Å². The Kier molecular flexibility index (Phi) is 6.41. The number of esters is 1. The molecule has 0 aromatic heterocycles. The highest BCUT2D eigenvalue weighted by molar-refractivity contribution is 9.10. The molecule has 1 atom stereocenters. The Hall–Kier alpha value is -2.54. The lowest BCUT2D eigenvalue weighted by Crippen LogP contribution is -2.29. The summed E-state index contributed by atoms with van der Waals surface area (Å²) in [4.78, 5) is 23.7. The number of rotatable bonds is 5. The molecule has 0 aliphatic heterocycles. The highest BCUT2D eigenvalue weighted by Crippen LogP contribution is 2.17. The first-order valence-corrected chi connectivity index (χ1v) is 8.04. The largest absolute Gasteiger partial charge is 0.449 e. The van der Waals surface area contributed by atoms with Crippen LogP contribution >= 0.6 is 15.9 Å². The minimum atomic E-state index is -1.07. The standard InChI is InChI=1S/C18H14BrF2NO3/c1-11(18(24)22-15-6-4-14(20)5-7-15)25-17(23)9-2-12-10-13(19)3-8-16(12)21/h2-11H,1H3,(H,22,24)/b9-2+/t11-/m0/s1. The van der Waals surface area contributed by atoms with Crippen molar-refractivity contribution in [1.29, 1.82) is 0 Å². The van der Waals surface area contributed by atoms with Crippen molar-refractivity contribution in [3.63, 3.8) is 0 Å². The van der Waals surface area contributed by atoms with E-state index in [0.717, 1.165) is 6.08 Å². The van der Waals surface area contributed by atoms with Gasteiger partial charge in [-0.25, -0.2) is 13.6 Å². The van der Waals surface area contributed by atoms with Crippen LogP contribution in [0.3, 0.4) is 0 Å². The molecular weight excluding hydrogens is 396 g/mol. The summed E-state index contributed by atoms with van der Waals surface area (Å²) in [6, 6.07) is 9.46. The molecule has 0 saturated carbocycles. The Morgan fingerprint density at radius 1 is 1.16 bits per heavy atom. The molecule has 0 unspecified atom stereocenters. The molecule has 7 heteroatoms. The molecule has 0 aliphatic carbocycles. The van der Waals surface area contributed by atoms with Gasteiger partial charge in [0.15, 0.2) is 6.10 Å². The van der Waals surface area contributed by atoms with Crippen molar-refractivity contribution in [2.75, 3.05) is 5.32 Å². The molecule has 0 spiro atoms. The van der Waals surface area contributed by atoms with E-state index in [1.807, 2.05) is 0 Å². The van der Waals surface area contributed by atoms with Crippen molar-refractivity contribution in [2.45, 2.75) is 13.0 Å². The van der Waals surface area contributed by atoms with Crippen LogP contribution in [0.15, 0.2) is 53.0 Å². The molecule has 4 nitrogen and oxygen atoms in total. The third-order valence-electron chi connectivity index (χ3n) is 3.13. The number of halogens is 3. The van der Waals surface area contributed by atoms with Crippen molar-refractivity contribution in [1.82, 2.24) is 0 Å². The lowest BCUT2D eigenvalue weighted by Gasteiger charge is -2.12. The highest BCUT2D eigenvalue weighted by Gasteiger charge is 2.16. The second-order valence-electron chi connectivity index (χ2n) is 5.07. The molecule has 2 aromatic rings. The summed E-state index contributed by atoms with van der Waals surface area (Å²) in [7, 11) is 0. The molecule has 2 aromatic carbocycles. The minimum absolute atomic E-state index is 0.203. The fourth-order valence-corrected chi connectivity index (χ4v) is 2.22. The smallest absolute Gasteiger partial charge is 0.331 e. The molecule has 0 radical (unpaired) electrons. The number of carbonyl (C=O) groups excluding carboxylic acids is 2. The van der Waals surface area contributed by atoms with Gasteiger partial charge in [-0.05, 0) is 55.5 Å². The average molecular weight is 410 g/mol. The van der Waals surface area contributed by atoms with E-state index in [9.17, 15) is 18.4 Å². The maximum atomic E-state index is 13.6. The van der Waals surface area contributed by atoms with Gasteiger partial charge in [0.05, 0.1) is 0 Å². The molecule has 130 valence electrons. The number of hydrogen-bond donors (Lipinski definition) is 1. The van der Waals surface area contributed by atoms with Crippen LogP contribution < -0.4 is 5.32 Å². The van der Waals surface area contributed by atoms with E-state index in [-0.39, 0.29) is 5.56 Å². The minimum Gasteiger partial charge on any atom is -0.449 e. The van der Waals surface area contributed by atoms with E-state index in [4.69, 9.17) is 4.74 Å². The number of benzene rings is 2. The van der Waals surface area contributed by atoms with E-state index in [1.54, 1.807) is 0 Å². The number of anilines is 1. The first-order valence-electron chi connectivity index (χ1n) is 7.25. The fourth-order valence-electron chi connectivity index (χ4n) is 1.84. The summed E-state index contributed by atoms with van der Waals surface area (Å²) in [5.41, 5.74) is 0.579. The van der Waals surface area contributed by atoms with E-state index >= 15 is 0 Å². The molecule has 25 heavy (non-hydrogen) atoms. The highest BCUT2D eigenvalue weighted by atomic mass is 79.9. The maximum absolute atomic E-state index is 13.6. The summed E-state index contributed by atoms with van der Waals surface area (Å²) in [5, 5.41) is 2.49. The predicted octanol–water partition coefficient (Wildman–Crippen LogP) is 4.31. The van der Waals surface area contributed by atoms with Gasteiger partial charge in [-0.1, -0.05) is 15.9 Å². The monoisotopic (exact) mass is 409 g/mol. The number of nitrogens with one attached hydrogen (secondary N) is 1. The SMILES string of the molecule is C[C@H](OC(=O)/C=C/c1cc(Br)ccc1F)C(=O)Nc1ccc(F)cc1. The summed E-state index contributed by atoms with van der Waals surface area (Å²) < 4.78 is 32.0. The van der Waals surface area contributed by atoms with Gasteiger partial charge in [0.2, 0.25) is 0 Å². The normalized spacial score (nSPS) is 12.0. The van der Waals surface area contributed by atoms with Crippen LogP contribution in [0.5, 0.6) is 0 Å². The predicted molar refractivity (Wildman–Crippen MR) is 93.7 cm³/mol. The number of hydrogen-bond acceptors (Lipinski definition) is 3. The van der Waals surface area contributed by atoms with E-state index in [0.29, 0.717) is 10.2 Å². The maximum Gasteiger partial charge on any atom is 0.331 e. The Morgan fingerprint density at radius 3 is 2.52 bits per heavy atom. The van der Waals surface area contributed by atoms with Gasteiger partial charge < -0.3 is 10.1 Å². The van der Waals surface area contributed by atoms with Crippen LogP contribution in [0.4, 0.5) is 14.5 Å². The quantitative estimate of drug-likeness (QED) is 0.591. The van der Waals surface area contributed by atoms with Gasteiger partial charge in [0.25, 0.3) is 5.91 Å². The second kappa shape index (κ2) is 8.53. The first-order chi connectivity index (χ1) is 11.8. The van der Waals surface area contributed by atoms with Crippen LogP contribution in [-0.4, -0.2) is 18.0 Å². The molecule has 0 saturated heterocycles. The number of ether oxygens (including phenoxy) is 1. The zero-order valence-electron chi connectivity index (χ0n) is 13.1.